The highest BCUT2D eigenvalue weighted by Gasteiger charge is 2.33. The van der Waals surface area contributed by atoms with Crippen molar-refractivity contribution in [3.63, 3.8) is 0 Å². The van der Waals surface area contributed by atoms with E-state index in [2.05, 4.69) is 15.3 Å². The number of carbonyl (C=O) groups excluding carboxylic acids is 2. The van der Waals surface area contributed by atoms with Crippen molar-refractivity contribution in [3.05, 3.63) is 99.6 Å². The summed E-state index contributed by atoms with van der Waals surface area (Å²) in [6.45, 7) is 0. The van der Waals surface area contributed by atoms with Gasteiger partial charge < -0.3 is 5.32 Å². The first-order valence-corrected chi connectivity index (χ1v) is 10.1. The zero-order valence-corrected chi connectivity index (χ0v) is 18.1. The molecule has 6 nitrogen and oxygen atoms in total. The van der Waals surface area contributed by atoms with Crippen LogP contribution in [0.25, 0.3) is 11.0 Å². The third kappa shape index (κ3) is 4.95. The van der Waals surface area contributed by atoms with Crippen LogP contribution in [0.3, 0.4) is 0 Å². The fourth-order valence-electron chi connectivity index (χ4n) is 3.23. The third-order valence-electron chi connectivity index (χ3n) is 4.92. The number of rotatable bonds is 4. The first kappa shape index (κ1) is 23.8. The van der Waals surface area contributed by atoms with E-state index in [0.717, 1.165) is 24.3 Å². The molecule has 0 spiro atoms. The van der Waals surface area contributed by atoms with Gasteiger partial charge in [0.1, 0.15) is 11.9 Å². The molecule has 0 aliphatic carbocycles. The largest absolute Gasteiger partial charge is 0.417 e. The Balaban J connectivity index is 1.57. The van der Waals surface area contributed by atoms with Gasteiger partial charge in [-0.05, 0) is 54.6 Å². The molecule has 1 heterocycles. The van der Waals surface area contributed by atoms with Gasteiger partial charge in [0.25, 0.3) is 5.91 Å². The van der Waals surface area contributed by atoms with Crippen LogP contribution < -0.4 is 5.32 Å². The normalized spacial score (nSPS) is 11.2. The minimum Gasteiger partial charge on any atom is -0.322 e. The molecule has 1 amide bonds. The summed E-state index contributed by atoms with van der Waals surface area (Å²) in [5.41, 5.74) is -1.03. The summed E-state index contributed by atoms with van der Waals surface area (Å²) >= 11 is 5.56. The average molecular weight is 499 g/mol. The molecule has 0 radical (unpaired) electrons. The van der Waals surface area contributed by atoms with Crippen molar-refractivity contribution < 1.29 is 27.2 Å². The molecule has 4 aromatic rings. The summed E-state index contributed by atoms with van der Waals surface area (Å²) in [4.78, 5) is 33.3. The minimum absolute atomic E-state index is 0.0522. The Morgan fingerprint density at radius 1 is 0.971 bits per heavy atom. The first-order chi connectivity index (χ1) is 16.6. The summed E-state index contributed by atoms with van der Waals surface area (Å²) in [5, 5.41) is 10.7. The Morgan fingerprint density at radius 3 is 2.40 bits per heavy atom. The summed E-state index contributed by atoms with van der Waals surface area (Å²) in [5.74, 6) is -2.57. The Bertz CT molecular complexity index is 1550. The van der Waals surface area contributed by atoms with E-state index in [1.807, 2.05) is 6.07 Å². The van der Waals surface area contributed by atoms with E-state index < -0.39 is 34.3 Å². The molecule has 0 unspecified atom stereocenters. The van der Waals surface area contributed by atoms with Crippen LogP contribution in [0.15, 0.2) is 60.8 Å². The lowest BCUT2D eigenvalue weighted by molar-refractivity contribution is -0.137. The highest BCUT2D eigenvalue weighted by molar-refractivity contribution is 6.31. The number of hydrogen-bond acceptors (Lipinski definition) is 5. The van der Waals surface area contributed by atoms with Gasteiger partial charge in [-0.3, -0.25) is 14.6 Å². The highest BCUT2D eigenvalue weighted by atomic mass is 35.5. The number of hydrogen-bond donors (Lipinski definition) is 1. The number of carbonyl (C=O) groups is 2. The molecule has 0 saturated carbocycles. The van der Waals surface area contributed by atoms with Gasteiger partial charge in [-0.15, -0.1) is 0 Å². The number of ketones is 1. The van der Waals surface area contributed by atoms with E-state index >= 15 is 0 Å². The monoisotopic (exact) mass is 498 g/mol. The second kappa shape index (κ2) is 9.12. The molecular weight excluding hydrogens is 488 g/mol. The van der Waals surface area contributed by atoms with Gasteiger partial charge in [0.2, 0.25) is 0 Å². The van der Waals surface area contributed by atoms with Gasteiger partial charge in [0.15, 0.2) is 11.5 Å². The zero-order chi connectivity index (χ0) is 25.3. The van der Waals surface area contributed by atoms with E-state index in [1.54, 1.807) is 0 Å². The molecule has 0 saturated heterocycles. The van der Waals surface area contributed by atoms with Gasteiger partial charge in [-0.25, -0.2) is 9.37 Å². The van der Waals surface area contributed by atoms with E-state index in [-0.39, 0.29) is 33.6 Å². The number of anilines is 1. The first-order valence-electron chi connectivity index (χ1n) is 9.76. The van der Waals surface area contributed by atoms with Crippen LogP contribution in [0.5, 0.6) is 0 Å². The topological polar surface area (TPSA) is 95.7 Å². The van der Waals surface area contributed by atoms with Gasteiger partial charge in [-0.1, -0.05) is 11.6 Å². The number of fused-ring (bicyclic) bond motifs is 1. The average Bonchev–Trinajstić information content (AvgIpc) is 2.82. The predicted octanol–water partition coefficient (Wildman–Crippen LogP) is 5.80. The fourth-order valence-corrected chi connectivity index (χ4v) is 3.45. The molecule has 174 valence electrons. The molecule has 3 aromatic carbocycles. The summed E-state index contributed by atoms with van der Waals surface area (Å²) < 4.78 is 53.8. The lowest BCUT2D eigenvalue weighted by Gasteiger charge is -2.12. The van der Waals surface area contributed by atoms with E-state index in [9.17, 15) is 27.2 Å². The summed E-state index contributed by atoms with van der Waals surface area (Å²) in [7, 11) is 0. The van der Waals surface area contributed by atoms with Gasteiger partial charge in [0.05, 0.1) is 33.4 Å². The third-order valence-corrected chi connectivity index (χ3v) is 5.25. The lowest BCUT2D eigenvalue weighted by Crippen LogP contribution is -2.15. The number of nitrogens with one attached hydrogen (secondary N) is 1. The van der Waals surface area contributed by atoms with E-state index in [0.29, 0.717) is 11.6 Å². The maximum atomic E-state index is 14.7. The predicted molar refractivity (Wildman–Crippen MR) is 118 cm³/mol. The Morgan fingerprint density at radius 2 is 1.71 bits per heavy atom. The number of aromatic nitrogens is 2. The van der Waals surface area contributed by atoms with Crippen LogP contribution in [0.1, 0.15) is 37.5 Å². The number of alkyl halides is 3. The lowest BCUT2D eigenvalue weighted by atomic mass is 10.0. The molecule has 11 heteroatoms. The van der Waals surface area contributed by atoms with Crippen LogP contribution in [-0.2, 0) is 6.18 Å². The SMILES string of the molecule is N#Cc1cnc2ccc(C(=O)c3ccc(NC(=O)c4ccc(Cl)c(C(F)(F)F)c4)cc3F)cc2n1. The van der Waals surface area contributed by atoms with Gasteiger partial charge in [-0.2, -0.15) is 18.4 Å². The van der Waals surface area contributed by atoms with E-state index in [4.69, 9.17) is 16.9 Å². The van der Waals surface area contributed by atoms with E-state index in [1.165, 1.54) is 30.5 Å². The van der Waals surface area contributed by atoms with Crippen LogP contribution >= 0.6 is 11.6 Å². The van der Waals surface area contributed by atoms with Crippen molar-refractivity contribution in [1.82, 2.24) is 9.97 Å². The Kier molecular flexibility index (Phi) is 6.20. The molecular formula is C24H11ClF4N4O2. The molecule has 1 aromatic heterocycles. The molecule has 1 N–H and O–H groups in total. The summed E-state index contributed by atoms with van der Waals surface area (Å²) in [6.07, 6.45) is -3.48. The van der Waals surface area contributed by atoms with Gasteiger partial charge in [0, 0.05) is 16.8 Å². The standard InChI is InChI=1S/C24H11ClF4N4O2/c25-18-5-1-13(7-17(18)24(27,28)29)23(35)33-14-3-4-16(19(26)9-14)22(34)12-2-6-20-21(8-12)32-15(10-30)11-31-20/h1-9,11H,(H,33,35). The smallest absolute Gasteiger partial charge is 0.322 e. The number of benzene rings is 3. The number of nitriles is 1. The van der Waals surface area contributed by atoms with Crippen molar-refractivity contribution in [2.45, 2.75) is 6.18 Å². The van der Waals surface area contributed by atoms with Crippen molar-refractivity contribution in [2.24, 2.45) is 0 Å². The number of nitrogens with zero attached hydrogens (tertiary/aromatic N) is 3. The molecule has 35 heavy (non-hydrogen) atoms. The Hall–Kier alpha value is -4.36. The Labute approximate surface area is 199 Å². The summed E-state index contributed by atoms with van der Waals surface area (Å²) in [6, 6.07) is 12.0. The molecule has 0 aliphatic rings. The quantitative estimate of drug-likeness (QED) is 0.283. The second-order valence-electron chi connectivity index (χ2n) is 7.24. The van der Waals surface area contributed by atoms with Crippen molar-refractivity contribution in [3.8, 4) is 6.07 Å². The molecule has 0 aliphatic heterocycles. The minimum atomic E-state index is -4.76. The fraction of sp³-hybridized carbons (Fsp3) is 0.0417. The molecule has 0 fully saturated rings. The van der Waals surface area contributed by atoms with Crippen LogP contribution in [0.4, 0.5) is 23.2 Å². The van der Waals surface area contributed by atoms with Crippen LogP contribution in [0.2, 0.25) is 5.02 Å². The molecule has 0 bridgehead atoms. The molecule has 4 rings (SSSR count). The number of halogens is 5. The van der Waals surface area contributed by atoms with Crippen molar-refractivity contribution in [1.29, 1.82) is 5.26 Å². The maximum absolute atomic E-state index is 14.7. The van der Waals surface area contributed by atoms with Gasteiger partial charge >= 0.3 is 6.18 Å². The van der Waals surface area contributed by atoms with Crippen LogP contribution in [0, 0.1) is 17.1 Å². The number of amides is 1. The second-order valence-corrected chi connectivity index (χ2v) is 7.65. The van der Waals surface area contributed by atoms with Crippen molar-refractivity contribution in [2.75, 3.05) is 5.32 Å². The van der Waals surface area contributed by atoms with Crippen molar-refractivity contribution >= 4 is 40.0 Å². The molecule has 0 atom stereocenters. The zero-order valence-electron chi connectivity index (χ0n) is 17.3. The maximum Gasteiger partial charge on any atom is 0.417 e. The van der Waals surface area contributed by atoms with Crippen LogP contribution in [-0.4, -0.2) is 21.7 Å². The highest BCUT2D eigenvalue weighted by Crippen LogP contribution is 2.35.